The van der Waals surface area contributed by atoms with Crippen LogP contribution in [0, 0.1) is 6.92 Å². The molecule has 7 nitrogen and oxygen atoms in total. The van der Waals surface area contributed by atoms with Crippen LogP contribution < -0.4 is 15.3 Å². The van der Waals surface area contributed by atoms with Crippen molar-refractivity contribution in [2.24, 2.45) is 15.9 Å². The Morgan fingerprint density at radius 2 is 2.20 bits per heavy atom. The van der Waals surface area contributed by atoms with Gasteiger partial charge in [-0.3, -0.25) is 4.99 Å². The molecule has 0 bridgehead atoms. The van der Waals surface area contributed by atoms with Crippen molar-refractivity contribution in [3.63, 3.8) is 0 Å². The van der Waals surface area contributed by atoms with Crippen molar-refractivity contribution in [1.29, 1.82) is 0 Å². The number of halogens is 3. The molecule has 0 amide bonds. The lowest BCUT2D eigenvalue weighted by atomic mass is 10.3. The highest BCUT2D eigenvalue weighted by Gasteiger charge is 2.09. The van der Waals surface area contributed by atoms with Crippen LogP contribution in [0.25, 0.3) is 0 Å². The van der Waals surface area contributed by atoms with Crippen molar-refractivity contribution in [1.82, 2.24) is 9.97 Å². The topological polar surface area (TPSA) is 95.0 Å². The summed E-state index contributed by atoms with van der Waals surface area (Å²) in [5.74, 6) is 5.10. The Morgan fingerprint density at radius 1 is 1.40 bits per heavy atom. The maximum Gasteiger partial charge on any atom is 0.387 e. The number of benzene rings is 1. The van der Waals surface area contributed by atoms with Crippen molar-refractivity contribution in [2.45, 2.75) is 13.5 Å². The van der Waals surface area contributed by atoms with E-state index in [9.17, 15) is 8.78 Å². The minimum Gasteiger partial charge on any atom is -0.457 e. The number of rotatable bonds is 7. The molecule has 2 aromatic rings. The molecule has 0 aliphatic rings. The Balaban J connectivity index is 2.03. The van der Waals surface area contributed by atoms with Crippen molar-refractivity contribution in [3.8, 4) is 11.8 Å². The van der Waals surface area contributed by atoms with Gasteiger partial charge in [-0.05, 0) is 25.1 Å². The fourth-order valence-electron chi connectivity index (χ4n) is 1.65. The van der Waals surface area contributed by atoms with Gasteiger partial charge in [-0.2, -0.15) is 13.9 Å². The lowest BCUT2D eigenvalue weighted by molar-refractivity contribution is -0.0497. The Labute approximate surface area is 147 Å². The smallest absolute Gasteiger partial charge is 0.387 e. The molecule has 1 heterocycles. The monoisotopic (exact) mass is 369 g/mol. The minimum atomic E-state index is -2.99. The summed E-state index contributed by atoms with van der Waals surface area (Å²) in [5.41, 5.74) is 1.36. The second kappa shape index (κ2) is 8.88. The molecule has 10 heteroatoms. The zero-order chi connectivity index (χ0) is 18.2. The highest BCUT2D eigenvalue weighted by molar-refractivity contribution is 6.32. The number of hydrogen-bond donors (Lipinski definition) is 1. The molecule has 0 saturated heterocycles. The second-order valence-electron chi connectivity index (χ2n) is 4.64. The van der Waals surface area contributed by atoms with Crippen LogP contribution in [-0.2, 0) is 0 Å². The summed E-state index contributed by atoms with van der Waals surface area (Å²) < 4.78 is 34.3. The molecule has 0 spiro atoms. The number of hydrogen-bond acceptors (Lipinski definition) is 7. The van der Waals surface area contributed by atoms with Crippen LogP contribution in [0.4, 0.5) is 14.5 Å². The average molecular weight is 370 g/mol. The molecule has 0 aliphatic heterocycles. The Bertz CT molecular complexity index is 786. The molecule has 0 atom stereocenters. The van der Waals surface area contributed by atoms with Crippen LogP contribution in [-0.4, -0.2) is 35.1 Å². The fourth-order valence-corrected chi connectivity index (χ4v) is 1.81. The average Bonchev–Trinajstić information content (AvgIpc) is 2.57. The van der Waals surface area contributed by atoms with E-state index in [0.717, 1.165) is 5.69 Å². The third-order valence-corrected chi connectivity index (χ3v) is 3.09. The van der Waals surface area contributed by atoms with Gasteiger partial charge < -0.3 is 15.3 Å². The normalized spacial score (nSPS) is 12.0. The van der Waals surface area contributed by atoms with E-state index in [2.05, 4.69) is 24.8 Å². The van der Waals surface area contributed by atoms with E-state index in [1.807, 2.05) is 0 Å². The fraction of sp³-hybridized carbons (Fsp3) is 0.200. The Kier molecular flexibility index (Phi) is 6.58. The van der Waals surface area contributed by atoms with Crippen LogP contribution in [0.3, 0.4) is 0 Å². The standard InChI is InChI=1S/C15H14ClF2N5O2/c1-9-4-5-20-15(22-9)24-8-11(23-19)7-21-10-2-3-12(16)13(6-10)25-14(17)18/h2-7,14H,8,19H2,1H3. The third-order valence-electron chi connectivity index (χ3n) is 2.78. The zero-order valence-electron chi connectivity index (χ0n) is 13.1. The molecular weight excluding hydrogens is 356 g/mol. The van der Waals surface area contributed by atoms with E-state index in [0.29, 0.717) is 5.69 Å². The third kappa shape index (κ3) is 5.96. The Morgan fingerprint density at radius 3 is 2.88 bits per heavy atom. The molecule has 1 aromatic carbocycles. The predicted molar refractivity (Wildman–Crippen MR) is 90.1 cm³/mol. The van der Waals surface area contributed by atoms with Gasteiger partial charge >= 0.3 is 12.6 Å². The summed E-state index contributed by atoms with van der Waals surface area (Å²) >= 11 is 5.77. The predicted octanol–water partition coefficient (Wildman–Crippen LogP) is 3.14. The van der Waals surface area contributed by atoms with Gasteiger partial charge in [0.1, 0.15) is 18.1 Å². The zero-order valence-corrected chi connectivity index (χ0v) is 13.8. The second-order valence-corrected chi connectivity index (χ2v) is 5.05. The number of aryl methyl sites for hydroxylation is 1. The van der Waals surface area contributed by atoms with Crippen molar-refractivity contribution in [2.75, 3.05) is 6.61 Å². The summed E-state index contributed by atoms with van der Waals surface area (Å²) in [5, 5.41) is 3.59. The van der Waals surface area contributed by atoms with Gasteiger partial charge in [0.05, 0.1) is 16.9 Å². The van der Waals surface area contributed by atoms with Crippen molar-refractivity contribution in [3.05, 3.63) is 41.2 Å². The van der Waals surface area contributed by atoms with Crippen LogP contribution in [0.1, 0.15) is 5.69 Å². The van der Waals surface area contributed by atoms with Gasteiger partial charge in [-0.15, -0.1) is 0 Å². The lowest BCUT2D eigenvalue weighted by Gasteiger charge is -2.07. The molecular formula is C15H14ClF2N5O2. The first-order valence-corrected chi connectivity index (χ1v) is 7.33. The first-order valence-electron chi connectivity index (χ1n) is 6.95. The Hall–Kier alpha value is -2.81. The highest BCUT2D eigenvalue weighted by atomic mass is 35.5. The van der Waals surface area contributed by atoms with Crippen LogP contribution in [0.5, 0.6) is 11.8 Å². The molecule has 0 saturated carbocycles. The van der Waals surface area contributed by atoms with E-state index in [1.54, 1.807) is 19.2 Å². The van der Waals surface area contributed by atoms with Gasteiger partial charge in [0.2, 0.25) is 0 Å². The SMILES string of the molecule is Cc1ccnc(OCC(C=Nc2ccc(Cl)c(OC(F)F)c2)=NN)n1. The number of hydrazone groups is 1. The number of aromatic nitrogens is 2. The molecule has 0 aliphatic carbocycles. The lowest BCUT2D eigenvalue weighted by Crippen LogP contribution is -2.16. The summed E-state index contributed by atoms with van der Waals surface area (Å²) in [4.78, 5) is 12.1. The van der Waals surface area contributed by atoms with Crippen LogP contribution in [0.2, 0.25) is 5.02 Å². The van der Waals surface area contributed by atoms with E-state index in [1.165, 1.54) is 24.4 Å². The van der Waals surface area contributed by atoms with E-state index in [-0.39, 0.29) is 29.1 Å². The molecule has 2 N–H and O–H groups in total. The molecule has 1 aromatic heterocycles. The van der Waals surface area contributed by atoms with Crippen LogP contribution in [0.15, 0.2) is 40.6 Å². The molecule has 0 fully saturated rings. The van der Waals surface area contributed by atoms with Crippen molar-refractivity contribution < 1.29 is 18.3 Å². The maximum absolute atomic E-state index is 12.3. The molecule has 25 heavy (non-hydrogen) atoms. The van der Waals surface area contributed by atoms with Gasteiger partial charge in [0, 0.05) is 18.0 Å². The van der Waals surface area contributed by atoms with Gasteiger partial charge in [-0.25, -0.2) is 9.97 Å². The summed E-state index contributed by atoms with van der Waals surface area (Å²) in [7, 11) is 0. The van der Waals surface area contributed by atoms with Crippen molar-refractivity contribution >= 4 is 29.2 Å². The first-order chi connectivity index (χ1) is 12.0. The maximum atomic E-state index is 12.3. The van der Waals surface area contributed by atoms with Gasteiger partial charge in [0.15, 0.2) is 0 Å². The number of aliphatic imine (C=N–C) groups is 1. The number of nitrogens with two attached hydrogens (primary N) is 1. The first kappa shape index (κ1) is 18.5. The molecule has 2 rings (SSSR count). The summed E-state index contributed by atoms with van der Waals surface area (Å²) in [6.07, 6.45) is 2.88. The van der Waals surface area contributed by atoms with E-state index >= 15 is 0 Å². The quantitative estimate of drug-likeness (QED) is 0.459. The largest absolute Gasteiger partial charge is 0.457 e. The van der Waals surface area contributed by atoms with Gasteiger partial charge in [0.25, 0.3) is 0 Å². The number of ether oxygens (including phenoxy) is 2. The van der Waals surface area contributed by atoms with E-state index < -0.39 is 6.61 Å². The number of nitrogens with zero attached hydrogens (tertiary/aromatic N) is 4. The number of alkyl halides is 2. The van der Waals surface area contributed by atoms with Gasteiger partial charge in [-0.1, -0.05) is 11.6 Å². The highest BCUT2D eigenvalue weighted by Crippen LogP contribution is 2.30. The van der Waals surface area contributed by atoms with E-state index in [4.69, 9.17) is 22.2 Å². The summed E-state index contributed by atoms with van der Waals surface area (Å²) in [6.45, 7) is -1.20. The minimum absolute atomic E-state index is 0.0164. The molecule has 0 radical (unpaired) electrons. The molecule has 132 valence electrons. The van der Waals surface area contributed by atoms with Crippen LogP contribution >= 0.6 is 11.6 Å². The summed E-state index contributed by atoms with van der Waals surface area (Å²) in [6, 6.07) is 6.09. The molecule has 0 unspecified atom stereocenters.